The lowest BCUT2D eigenvalue weighted by molar-refractivity contribution is 1.53. The van der Waals surface area contributed by atoms with Gasteiger partial charge in [-0.1, -0.05) is 115 Å². The maximum absolute atomic E-state index is 3.58. The summed E-state index contributed by atoms with van der Waals surface area (Å²) >= 11 is 1.89. The summed E-state index contributed by atoms with van der Waals surface area (Å²) in [5.74, 6) is 0. The highest BCUT2D eigenvalue weighted by molar-refractivity contribution is 7.26. The summed E-state index contributed by atoms with van der Waals surface area (Å²) in [5.41, 5.74) is 9.53. The molecule has 1 heterocycles. The van der Waals surface area contributed by atoms with Gasteiger partial charge in [-0.15, -0.1) is 11.3 Å². The summed E-state index contributed by atoms with van der Waals surface area (Å²) in [5, 5.41) is 8.88. The van der Waals surface area contributed by atoms with Gasteiger partial charge < -0.3 is 5.32 Å². The first-order valence-corrected chi connectivity index (χ1v) is 15.1. The number of fused-ring (bicyclic) bond motifs is 5. The van der Waals surface area contributed by atoms with E-state index in [-0.39, 0.29) is 0 Å². The van der Waals surface area contributed by atoms with Crippen molar-refractivity contribution in [1.29, 1.82) is 0 Å². The molecule has 0 spiro atoms. The van der Waals surface area contributed by atoms with Gasteiger partial charge in [-0.2, -0.15) is 0 Å². The zero-order valence-electron chi connectivity index (χ0n) is 22.9. The van der Waals surface area contributed by atoms with E-state index in [9.17, 15) is 0 Å². The van der Waals surface area contributed by atoms with E-state index in [1.165, 1.54) is 64.3 Å². The summed E-state index contributed by atoms with van der Waals surface area (Å²) in [7, 11) is 0. The smallest absolute Gasteiger partial charge is 0.0440 e. The second kappa shape index (κ2) is 10.3. The molecule has 0 bridgehead atoms. The van der Waals surface area contributed by atoms with E-state index >= 15 is 0 Å². The van der Waals surface area contributed by atoms with Crippen LogP contribution >= 0.6 is 11.3 Å². The van der Waals surface area contributed by atoms with Crippen LogP contribution in [0.1, 0.15) is 0 Å². The molecule has 0 amide bonds. The fourth-order valence-electron chi connectivity index (χ4n) is 5.97. The van der Waals surface area contributed by atoms with Gasteiger partial charge in [-0.3, -0.25) is 0 Å². The topological polar surface area (TPSA) is 12.0 Å². The van der Waals surface area contributed by atoms with Gasteiger partial charge in [-0.25, -0.2) is 0 Å². The third kappa shape index (κ3) is 4.43. The minimum Gasteiger partial charge on any atom is -0.356 e. The molecule has 0 aliphatic carbocycles. The van der Waals surface area contributed by atoms with Gasteiger partial charge in [0.25, 0.3) is 0 Å². The van der Waals surface area contributed by atoms with Crippen LogP contribution in [0.2, 0.25) is 0 Å². The summed E-state index contributed by atoms with van der Waals surface area (Å²) in [6.45, 7) is 0. The maximum atomic E-state index is 3.58. The molecule has 8 aromatic rings. The van der Waals surface area contributed by atoms with E-state index in [0.29, 0.717) is 0 Å². The molecule has 0 fully saturated rings. The third-order valence-corrected chi connectivity index (χ3v) is 9.22. The largest absolute Gasteiger partial charge is 0.356 e. The van der Waals surface area contributed by atoms with E-state index in [0.717, 1.165) is 11.4 Å². The van der Waals surface area contributed by atoms with E-state index in [2.05, 4.69) is 163 Å². The van der Waals surface area contributed by atoms with Crippen molar-refractivity contribution in [3.63, 3.8) is 0 Å². The second-order valence-electron chi connectivity index (χ2n) is 10.7. The molecule has 0 saturated heterocycles. The monoisotopic (exact) mass is 553 g/mol. The van der Waals surface area contributed by atoms with Gasteiger partial charge in [0.1, 0.15) is 0 Å². The van der Waals surface area contributed by atoms with E-state index in [4.69, 9.17) is 0 Å². The lowest BCUT2D eigenvalue weighted by atomic mass is 9.94. The van der Waals surface area contributed by atoms with E-state index in [1.54, 1.807) is 0 Å². The Bertz CT molecular complexity index is 2210. The van der Waals surface area contributed by atoms with Gasteiger partial charge in [-0.05, 0) is 81.1 Å². The number of hydrogen-bond acceptors (Lipinski definition) is 2. The van der Waals surface area contributed by atoms with Crippen LogP contribution in [0, 0.1) is 0 Å². The molecule has 7 aromatic carbocycles. The molecular formula is C40H27NS. The predicted molar refractivity (Wildman–Crippen MR) is 183 cm³/mol. The van der Waals surface area contributed by atoms with Gasteiger partial charge in [0.05, 0.1) is 0 Å². The average molecular weight is 554 g/mol. The summed E-state index contributed by atoms with van der Waals surface area (Å²) in [4.78, 5) is 0. The molecule has 1 nitrogen and oxygen atoms in total. The number of hydrogen-bond donors (Lipinski definition) is 1. The first kappa shape index (κ1) is 24.6. The first-order valence-electron chi connectivity index (χ1n) is 14.3. The standard InChI is InChI=1S/C40H27NS/c1-2-10-27(11-3-1)30-14-9-16-34(25-30)41-33-22-20-28(21-23-33)29-13-8-15-31(24-29)37-26-32-12-4-5-17-35(32)39-36-18-6-7-19-38(36)42-40(37)39/h1-26,41H. The first-order chi connectivity index (χ1) is 20.8. The highest BCUT2D eigenvalue weighted by Gasteiger charge is 2.15. The third-order valence-electron chi connectivity index (χ3n) is 8.02. The Labute approximate surface area is 249 Å². The molecular weight excluding hydrogens is 527 g/mol. The van der Waals surface area contributed by atoms with Crippen molar-refractivity contribution in [1.82, 2.24) is 0 Å². The summed E-state index contributed by atoms with van der Waals surface area (Å²) in [6.07, 6.45) is 0. The van der Waals surface area contributed by atoms with Crippen molar-refractivity contribution in [2.24, 2.45) is 0 Å². The molecule has 0 atom stereocenters. The minimum absolute atomic E-state index is 1.07. The van der Waals surface area contributed by atoms with Gasteiger partial charge in [0.2, 0.25) is 0 Å². The SMILES string of the molecule is c1ccc(-c2cccc(Nc3ccc(-c4cccc(-c5cc6ccccc6c6c5sc5ccccc56)c4)cc3)c2)cc1. The molecule has 2 heteroatoms. The van der Waals surface area contributed by atoms with Crippen LogP contribution in [-0.4, -0.2) is 0 Å². The van der Waals surface area contributed by atoms with E-state index < -0.39 is 0 Å². The Morgan fingerprint density at radius 2 is 1.05 bits per heavy atom. The van der Waals surface area contributed by atoms with Crippen LogP contribution in [0.5, 0.6) is 0 Å². The molecule has 0 radical (unpaired) electrons. The number of anilines is 2. The molecule has 1 aromatic heterocycles. The molecule has 0 aliphatic heterocycles. The summed E-state index contributed by atoms with van der Waals surface area (Å²) in [6, 6.07) is 56.7. The molecule has 198 valence electrons. The molecule has 8 rings (SSSR count). The van der Waals surface area contributed by atoms with Crippen LogP contribution in [0.4, 0.5) is 11.4 Å². The van der Waals surface area contributed by atoms with Gasteiger partial charge in [0, 0.05) is 37.1 Å². The van der Waals surface area contributed by atoms with Crippen LogP contribution in [-0.2, 0) is 0 Å². The lowest BCUT2D eigenvalue weighted by Gasteiger charge is -2.11. The van der Waals surface area contributed by atoms with Crippen molar-refractivity contribution >= 4 is 53.7 Å². The molecule has 0 saturated carbocycles. The lowest BCUT2D eigenvalue weighted by Crippen LogP contribution is -1.91. The number of nitrogens with one attached hydrogen (secondary N) is 1. The quantitative estimate of drug-likeness (QED) is 0.223. The van der Waals surface area contributed by atoms with E-state index in [1.807, 2.05) is 11.3 Å². The van der Waals surface area contributed by atoms with Crippen LogP contribution < -0.4 is 5.32 Å². The summed E-state index contributed by atoms with van der Waals surface area (Å²) < 4.78 is 2.68. The fourth-order valence-corrected chi connectivity index (χ4v) is 7.23. The second-order valence-corrected chi connectivity index (χ2v) is 11.7. The van der Waals surface area contributed by atoms with Crippen molar-refractivity contribution in [2.45, 2.75) is 0 Å². The van der Waals surface area contributed by atoms with Crippen molar-refractivity contribution in [3.8, 4) is 33.4 Å². The highest BCUT2D eigenvalue weighted by atomic mass is 32.1. The average Bonchev–Trinajstić information content (AvgIpc) is 3.45. The van der Waals surface area contributed by atoms with Crippen molar-refractivity contribution in [2.75, 3.05) is 5.32 Å². The molecule has 0 aliphatic rings. The van der Waals surface area contributed by atoms with Gasteiger partial charge in [0.15, 0.2) is 0 Å². The molecule has 1 N–H and O–H groups in total. The Morgan fingerprint density at radius 3 is 1.90 bits per heavy atom. The number of rotatable bonds is 5. The fraction of sp³-hybridized carbons (Fsp3) is 0. The Balaban J connectivity index is 1.14. The zero-order valence-corrected chi connectivity index (χ0v) is 23.7. The van der Waals surface area contributed by atoms with Crippen LogP contribution in [0.25, 0.3) is 64.3 Å². The molecule has 42 heavy (non-hydrogen) atoms. The number of thiophene rings is 1. The normalized spacial score (nSPS) is 11.3. The Morgan fingerprint density at radius 1 is 0.405 bits per heavy atom. The van der Waals surface area contributed by atoms with Crippen LogP contribution in [0.3, 0.4) is 0 Å². The highest BCUT2D eigenvalue weighted by Crippen LogP contribution is 2.44. The Hall–Kier alpha value is -5.18. The minimum atomic E-state index is 1.07. The van der Waals surface area contributed by atoms with Gasteiger partial charge >= 0.3 is 0 Å². The van der Waals surface area contributed by atoms with Crippen molar-refractivity contribution in [3.05, 3.63) is 158 Å². The maximum Gasteiger partial charge on any atom is 0.0440 e. The molecule has 0 unspecified atom stereocenters. The predicted octanol–water partition coefficient (Wildman–Crippen LogP) is 12.0. The van der Waals surface area contributed by atoms with Crippen molar-refractivity contribution < 1.29 is 0 Å². The van der Waals surface area contributed by atoms with Crippen LogP contribution in [0.15, 0.2) is 158 Å². The zero-order chi connectivity index (χ0) is 27.9. The Kier molecular flexibility index (Phi) is 6.05. The number of benzene rings is 7.